The van der Waals surface area contributed by atoms with Gasteiger partial charge in [0.15, 0.2) is 3.95 Å². The van der Waals surface area contributed by atoms with Crippen molar-refractivity contribution in [1.82, 2.24) is 14.7 Å². The van der Waals surface area contributed by atoms with Crippen molar-refractivity contribution < 1.29 is 4.74 Å². The van der Waals surface area contributed by atoms with Crippen LogP contribution in [0.2, 0.25) is 0 Å². The van der Waals surface area contributed by atoms with E-state index in [2.05, 4.69) is 48.2 Å². The molecule has 0 spiro atoms. The lowest BCUT2D eigenvalue weighted by atomic mass is 10.2. The summed E-state index contributed by atoms with van der Waals surface area (Å²) in [6.45, 7) is 8.72. The molecular weight excluding hydrogens is 328 g/mol. The molecule has 1 N–H and O–H groups in total. The molecule has 0 radical (unpaired) electrons. The molecule has 1 saturated heterocycles. The Hall–Kier alpha value is -1.28. The Kier molecular flexibility index (Phi) is 5.11. The summed E-state index contributed by atoms with van der Waals surface area (Å²) in [5, 5.41) is 8.79. The van der Waals surface area contributed by atoms with Gasteiger partial charge in [-0.05, 0) is 50.7 Å². The van der Waals surface area contributed by atoms with Gasteiger partial charge in [0.2, 0.25) is 5.13 Å². The van der Waals surface area contributed by atoms with E-state index in [9.17, 15) is 0 Å². The number of nitrogens with zero attached hydrogens (tertiary/aromatic N) is 3. The molecule has 1 aliphatic heterocycles. The van der Waals surface area contributed by atoms with Crippen LogP contribution in [0.4, 0.5) is 10.8 Å². The van der Waals surface area contributed by atoms with Crippen molar-refractivity contribution in [3.63, 3.8) is 0 Å². The first-order valence-corrected chi connectivity index (χ1v) is 9.01. The second-order valence-electron chi connectivity index (χ2n) is 6.07. The number of ether oxygens (including phenoxy) is 1. The third kappa shape index (κ3) is 4.17. The summed E-state index contributed by atoms with van der Waals surface area (Å²) in [4.78, 5) is 2.36. The molecule has 3 rings (SSSR count). The van der Waals surface area contributed by atoms with Gasteiger partial charge in [-0.25, -0.2) is 4.68 Å². The van der Waals surface area contributed by atoms with Crippen molar-refractivity contribution in [2.75, 3.05) is 18.5 Å². The molecule has 5 nitrogen and oxygen atoms in total. The predicted molar refractivity (Wildman–Crippen MR) is 97.0 cm³/mol. The zero-order chi connectivity index (χ0) is 16.4. The lowest BCUT2D eigenvalue weighted by Crippen LogP contribution is -2.47. The SMILES string of the molecule is Cc1cccc(Nc2nn(CN3CC(C)OCC3C)c(=S)s2)c1. The minimum Gasteiger partial charge on any atom is -0.376 e. The fraction of sp³-hybridized carbons (Fsp3) is 0.500. The Bertz CT molecular complexity index is 727. The molecule has 0 aliphatic carbocycles. The largest absolute Gasteiger partial charge is 0.376 e. The lowest BCUT2D eigenvalue weighted by molar-refractivity contribution is -0.0623. The van der Waals surface area contributed by atoms with Crippen LogP contribution < -0.4 is 5.32 Å². The van der Waals surface area contributed by atoms with Gasteiger partial charge in [0.1, 0.15) is 0 Å². The molecular formula is C16H22N4OS2. The Balaban J connectivity index is 1.72. The van der Waals surface area contributed by atoms with Gasteiger partial charge < -0.3 is 10.1 Å². The molecule has 0 bridgehead atoms. The Labute approximate surface area is 145 Å². The van der Waals surface area contributed by atoms with E-state index in [0.29, 0.717) is 12.7 Å². The molecule has 7 heteroatoms. The van der Waals surface area contributed by atoms with Gasteiger partial charge in [-0.3, -0.25) is 4.90 Å². The highest BCUT2D eigenvalue weighted by atomic mass is 32.1. The van der Waals surface area contributed by atoms with E-state index in [0.717, 1.165) is 27.9 Å². The van der Waals surface area contributed by atoms with E-state index in [4.69, 9.17) is 17.0 Å². The number of morpholine rings is 1. The van der Waals surface area contributed by atoms with Gasteiger partial charge in [-0.1, -0.05) is 23.5 Å². The summed E-state index contributed by atoms with van der Waals surface area (Å²) in [5.41, 5.74) is 2.25. The standard InChI is InChI=1S/C16H22N4OS2/c1-11-5-4-6-14(7-11)17-15-18-20(16(22)23-15)10-19-8-13(3)21-9-12(19)2/h4-7,12-13H,8-10H2,1-3H3,(H,17,18). The summed E-state index contributed by atoms with van der Waals surface area (Å²) in [6.07, 6.45) is 0.254. The maximum absolute atomic E-state index is 5.68. The second-order valence-corrected chi connectivity index (χ2v) is 7.70. The molecule has 2 aromatic rings. The molecule has 0 saturated carbocycles. The summed E-state index contributed by atoms with van der Waals surface area (Å²) < 4.78 is 8.36. The summed E-state index contributed by atoms with van der Waals surface area (Å²) >= 11 is 6.98. The van der Waals surface area contributed by atoms with Crippen LogP contribution in [0.25, 0.3) is 0 Å². The number of nitrogens with one attached hydrogen (secondary N) is 1. The van der Waals surface area contributed by atoms with Gasteiger partial charge in [0.25, 0.3) is 0 Å². The average molecular weight is 351 g/mol. The van der Waals surface area contributed by atoms with Crippen LogP contribution in [0.1, 0.15) is 19.4 Å². The van der Waals surface area contributed by atoms with Crippen LogP contribution in [0, 0.1) is 10.9 Å². The van der Waals surface area contributed by atoms with Crippen molar-refractivity contribution in [3.8, 4) is 0 Å². The number of rotatable bonds is 4. The van der Waals surface area contributed by atoms with Crippen molar-refractivity contribution in [3.05, 3.63) is 33.8 Å². The second kappa shape index (κ2) is 7.09. The number of anilines is 2. The van der Waals surface area contributed by atoms with Crippen molar-refractivity contribution in [2.45, 2.75) is 39.6 Å². The first kappa shape index (κ1) is 16.6. The average Bonchev–Trinajstić information content (AvgIpc) is 2.83. The first-order chi connectivity index (χ1) is 11.0. The maximum atomic E-state index is 5.68. The smallest absolute Gasteiger partial charge is 0.209 e. The van der Waals surface area contributed by atoms with E-state index in [1.165, 1.54) is 16.9 Å². The fourth-order valence-corrected chi connectivity index (χ4v) is 3.65. The van der Waals surface area contributed by atoms with Crippen molar-refractivity contribution >= 4 is 34.4 Å². The highest BCUT2D eigenvalue weighted by molar-refractivity contribution is 7.73. The van der Waals surface area contributed by atoms with Crippen LogP contribution in [-0.2, 0) is 11.4 Å². The minimum atomic E-state index is 0.254. The van der Waals surface area contributed by atoms with E-state index in [-0.39, 0.29) is 6.10 Å². The molecule has 2 atom stereocenters. The van der Waals surface area contributed by atoms with E-state index in [1.54, 1.807) is 0 Å². The quantitative estimate of drug-likeness (QED) is 0.850. The molecule has 0 amide bonds. The molecule has 2 unspecified atom stereocenters. The molecule has 23 heavy (non-hydrogen) atoms. The maximum Gasteiger partial charge on any atom is 0.209 e. The monoisotopic (exact) mass is 350 g/mol. The van der Waals surface area contributed by atoms with Crippen LogP contribution in [0.15, 0.2) is 24.3 Å². The zero-order valence-corrected chi connectivity index (χ0v) is 15.3. The fourth-order valence-electron chi connectivity index (χ4n) is 2.63. The number of aryl methyl sites for hydroxylation is 1. The van der Waals surface area contributed by atoms with Gasteiger partial charge in [-0.15, -0.1) is 5.10 Å². The van der Waals surface area contributed by atoms with Gasteiger partial charge in [-0.2, -0.15) is 0 Å². The summed E-state index contributed by atoms with van der Waals surface area (Å²) in [5.74, 6) is 0. The van der Waals surface area contributed by atoms with E-state index >= 15 is 0 Å². The third-order valence-corrected chi connectivity index (χ3v) is 5.15. The van der Waals surface area contributed by atoms with Crippen LogP contribution >= 0.6 is 23.6 Å². The highest BCUT2D eigenvalue weighted by Crippen LogP contribution is 2.22. The Morgan fingerprint density at radius 3 is 3.04 bits per heavy atom. The molecule has 1 aromatic carbocycles. The van der Waals surface area contributed by atoms with Gasteiger partial charge >= 0.3 is 0 Å². The molecule has 124 valence electrons. The summed E-state index contributed by atoms with van der Waals surface area (Å²) in [7, 11) is 0. The minimum absolute atomic E-state index is 0.254. The summed E-state index contributed by atoms with van der Waals surface area (Å²) in [6, 6.07) is 8.62. The number of hydrogen-bond donors (Lipinski definition) is 1. The molecule has 2 heterocycles. The van der Waals surface area contributed by atoms with Crippen LogP contribution in [0.3, 0.4) is 0 Å². The normalized spacial score (nSPS) is 22.2. The first-order valence-electron chi connectivity index (χ1n) is 7.78. The predicted octanol–water partition coefficient (Wildman–Crippen LogP) is 3.79. The van der Waals surface area contributed by atoms with E-state index in [1.807, 2.05) is 16.8 Å². The number of benzene rings is 1. The number of aromatic nitrogens is 2. The number of hydrogen-bond acceptors (Lipinski definition) is 6. The van der Waals surface area contributed by atoms with Crippen LogP contribution in [0.5, 0.6) is 0 Å². The molecule has 1 fully saturated rings. The zero-order valence-electron chi connectivity index (χ0n) is 13.7. The Morgan fingerprint density at radius 2 is 2.26 bits per heavy atom. The molecule has 1 aliphatic rings. The topological polar surface area (TPSA) is 42.3 Å². The third-order valence-electron chi connectivity index (χ3n) is 3.93. The van der Waals surface area contributed by atoms with Crippen molar-refractivity contribution in [1.29, 1.82) is 0 Å². The Morgan fingerprint density at radius 1 is 1.43 bits per heavy atom. The van der Waals surface area contributed by atoms with Gasteiger partial charge in [0.05, 0.1) is 19.4 Å². The van der Waals surface area contributed by atoms with E-state index < -0.39 is 0 Å². The molecule has 1 aromatic heterocycles. The highest BCUT2D eigenvalue weighted by Gasteiger charge is 2.24. The van der Waals surface area contributed by atoms with Gasteiger partial charge in [0, 0.05) is 18.3 Å². The van der Waals surface area contributed by atoms with Crippen molar-refractivity contribution in [2.24, 2.45) is 0 Å². The lowest BCUT2D eigenvalue weighted by Gasteiger charge is -2.36. The van der Waals surface area contributed by atoms with Crippen LogP contribution in [-0.4, -0.2) is 40.0 Å².